The van der Waals surface area contributed by atoms with Crippen molar-refractivity contribution in [1.82, 2.24) is 9.80 Å². The lowest BCUT2D eigenvalue weighted by Crippen LogP contribution is -2.38. The maximum absolute atomic E-state index is 11.9. The molecular formula is C13H15N3O3S. The summed E-state index contributed by atoms with van der Waals surface area (Å²) in [5.74, 6) is -0.741. The molecule has 0 unspecified atom stereocenters. The SMILES string of the molecule is CSc1ccccc1NC(=O)CN1C(=O)CN(C)C1=O. The Morgan fingerprint density at radius 2 is 2.05 bits per heavy atom. The zero-order chi connectivity index (χ0) is 14.7. The number of anilines is 1. The van der Waals surface area contributed by atoms with Gasteiger partial charge in [0.05, 0.1) is 5.69 Å². The molecule has 1 aromatic rings. The zero-order valence-electron chi connectivity index (χ0n) is 11.3. The number of benzene rings is 1. The molecule has 0 radical (unpaired) electrons. The van der Waals surface area contributed by atoms with Gasteiger partial charge in [-0.05, 0) is 18.4 Å². The van der Waals surface area contributed by atoms with Crippen molar-refractivity contribution >= 4 is 35.3 Å². The summed E-state index contributed by atoms with van der Waals surface area (Å²) in [6, 6.07) is 6.92. The second-order valence-electron chi connectivity index (χ2n) is 4.37. The second-order valence-corrected chi connectivity index (χ2v) is 5.22. The fourth-order valence-electron chi connectivity index (χ4n) is 1.91. The first kappa shape index (κ1) is 14.4. The Morgan fingerprint density at radius 1 is 1.35 bits per heavy atom. The number of nitrogens with zero attached hydrogens (tertiary/aromatic N) is 2. The number of para-hydroxylation sites is 1. The normalized spacial score (nSPS) is 14.9. The van der Waals surface area contributed by atoms with Gasteiger partial charge in [0.1, 0.15) is 13.1 Å². The Balaban J connectivity index is 2.03. The molecule has 1 saturated heterocycles. The fraction of sp³-hybridized carbons (Fsp3) is 0.308. The van der Waals surface area contributed by atoms with Gasteiger partial charge in [-0.2, -0.15) is 0 Å². The van der Waals surface area contributed by atoms with Crippen LogP contribution in [-0.4, -0.2) is 54.0 Å². The van der Waals surface area contributed by atoms with Crippen molar-refractivity contribution in [2.24, 2.45) is 0 Å². The van der Waals surface area contributed by atoms with Crippen LogP contribution in [0.25, 0.3) is 0 Å². The maximum Gasteiger partial charge on any atom is 0.327 e. The zero-order valence-corrected chi connectivity index (χ0v) is 12.1. The van der Waals surface area contributed by atoms with Crippen molar-refractivity contribution in [2.75, 3.05) is 31.7 Å². The first-order valence-electron chi connectivity index (χ1n) is 6.01. The van der Waals surface area contributed by atoms with Crippen LogP contribution in [0.3, 0.4) is 0 Å². The van der Waals surface area contributed by atoms with E-state index in [9.17, 15) is 14.4 Å². The summed E-state index contributed by atoms with van der Waals surface area (Å²) in [7, 11) is 1.53. The minimum absolute atomic E-state index is 0.0213. The molecule has 0 saturated carbocycles. The number of carbonyl (C=O) groups excluding carboxylic acids is 3. The van der Waals surface area contributed by atoms with Crippen molar-refractivity contribution in [2.45, 2.75) is 4.90 Å². The van der Waals surface area contributed by atoms with Gasteiger partial charge in [-0.3, -0.25) is 14.5 Å². The van der Waals surface area contributed by atoms with Crippen LogP contribution in [0.4, 0.5) is 10.5 Å². The molecule has 1 aromatic carbocycles. The van der Waals surface area contributed by atoms with Gasteiger partial charge in [0.2, 0.25) is 5.91 Å². The summed E-state index contributed by atoms with van der Waals surface area (Å²) in [6.07, 6.45) is 1.91. The van der Waals surface area contributed by atoms with Crippen LogP contribution >= 0.6 is 11.8 Å². The molecule has 0 aromatic heterocycles. The quantitative estimate of drug-likeness (QED) is 0.670. The molecule has 7 heteroatoms. The molecule has 4 amide bonds. The number of rotatable bonds is 4. The molecular weight excluding hydrogens is 278 g/mol. The Kier molecular flexibility index (Phi) is 4.29. The van der Waals surface area contributed by atoms with Crippen molar-refractivity contribution < 1.29 is 14.4 Å². The fourth-order valence-corrected chi connectivity index (χ4v) is 2.46. The number of hydrogen-bond acceptors (Lipinski definition) is 4. The van der Waals surface area contributed by atoms with Crippen LogP contribution < -0.4 is 5.32 Å². The van der Waals surface area contributed by atoms with E-state index in [2.05, 4.69) is 5.32 Å². The number of imide groups is 1. The Morgan fingerprint density at radius 3 is 2.65 bits per heavy atom. The van der Waals surface area contributed by atoms with Crippen LogP contribution in [0.1, 0.15) is 0 Å². The van der Waals surface area contributed by atoms with Gasteiger partial charge in [0, 0.05) is 11.9 Å². The molecule has 1 aliphatic heterocycles. The lowest BCUT2D eigenvalue weighted by atomic mass is 10.3. The van der Waals surface area contributed by atoms with E-state index < -0.39 is 6.03 Å². The van der Waals surface area contributed by atoms with Crippen LogP contribution in [0, 0.1) is 0 Å². The van der Waals surface area contributed by atoms with Gasteiger partial charge in [-0.1, -0.05) is 12.1 Å². The summed E-state index contributed by atoms with van der Waals surface area (Å²) in [5.41, 5.74) is 0.678. The summed E-state index contributed by atoms with van der Waals surface area (Å²) in [6.45, 7) is -0.238. The molecule has 0 bridgehead atoms. The van der Waals surface area contributed by atoms with Crippen molar-refractivity contribution in [1.29, 1.82) is 0 Å². The highest BCUT2D eigenvalue weighted by molar-refractivity contribution is 7.98. The predicted octanol–water partition coefficient (Wildman–Crippen LogP) is 1.24. The Bertz CT molecular complexity index is 562. The summed E-state index contributed by atoms with van der Waals surface area (Å²) in [4.78, 5) is 38.4. The summed E-state index contributed by atoms with van der Waals surface area (Å²) >= 11 is 1.51. The van der Waals surface area contributed by atoms with Crippen LogP contribution in [0.5, 0.6) is 0 Å². The van der Waals surface area contributed by atoms with Gasteiger partial charge < -0.3 is 10.2 Å². The third-order valence-corrected chi connectivity index (χ3v) is 3.71. The highest BCUT2D eigenvalue weighted by Crippen LogP contribution is 2.24. The molecule has 0 spiro atoms. The monoisotopic (exact) mass is 293 g/mol. The second kappa shape index (κ2) is 5.96. The van der Waals surface area contributed by atoms with Gasteiger partial charge in [-0.25, -0.2) is 4.79 Å². The average Bonchev–Trinajstić information content (AvgIpc) is 2.66. The molecule has 20 heavy (non-hydrogen) atoms. The third kappa shape index (κ3) is 2.93. The smallest absolute Gasteiger partial charge is 0.324 e. The number of thioether (sulfide) groups is 1. The average molecular weight is 293 g/mol. The van der Waals surface area contributed by atoms with E-state index in [1.54, 1.807) is 6.07 Å². The molecule has 1 heterocycles. The Hall–Kier alpha value is -2.02. The van der Waals surface area contributed by atoms with Crippen LogP contribution in [-0.2, 0) is 9.59 Å². The Labute approximate surface area is 121 Å². The van der Waals surface area contributed by atoms with Crippen LogP contribution in [0.15, 0.2) is 29.2 Å². The van der Waals surface area contributed by atoms with Crippen molar-refractivity contribution in [3.63, 3.8) is 0 Å². The summed E-state index contributed by atoms with van der Waals surface area (Å²) < 4.78 is 0. The topological polar surface area (TPSA) is 69.7 Å². The number of carbonyl (C=O) groups is 3. The van der Waals surface area contributed by atoms with Gasteiger partial charge in [0.25, 0.3) is 5.91 Å². The van der Waals surface area contributed by atoms with E-state index in [4.69, 9.17) is 0 Å². The predicted molar refractivity (Wildman–Crippen MR) is 76.6 cm³/mol. The molecule has 1 aliphatic rings. The van der Waals surface area contributed by atoms with E-state index in [0.29, 0.717) is 5.69 Å². The van der Waals surface area contributed by atoms with Gasteiger partial charge >= 0.3 is 6.03 Å². The number of likely N-dealkylation sites (N-methyl/N-ethyl adjacent to an activating group) is 1. The molecule has 0 aliphatic carbocycles. The van der Waals surface area contributed by atoms with Crippen molar-refractivity contribution in [3.8, 4) is 0 Å². The van der Waals surface area contributed by atoms with E-state index in [1.807, 2.05) is 24.5 Å². The maximum atomic E-state index is 11.9. The van der Waals surface area contributed by atoms with Gasteiger partial charge in [-0.15, -0.1) is 11.8 Å². The minimum atomic E-state index is -0.441. The number of hydrogen-bond donors (Lipinski definition) is 1. The molecule has 1 N–H and O–H groups in total. The number of urea groups is 1. The standard InChI is InChI=1S/C13H15N3O3S/c1-15-8-12(18)16(13(15)19)7-11(17)14-9-5-3-4-6-10(9)20-2/h3-6H,7-8H2,1-2H3,(H,14,17). The lowest BCUT2D eigenvalue weighted by Gasteiger charge is -2.14. The van der Waals surface area contributed by atoms with Crippen LogP contribution in [0.2, 0.25) is 0 Å². The van der Waals surface area contributed by atoms with Crippen molar-refractivity contribution in [3.05, 3.63) is 24.3 Å². The first-order chi connectivity index (χ1) is 9.52. The lowest BCUT2D eigenvalue weighted by molar-refractivity contribution is -0.129. The largest absolute Gasteiger partial charge is 0.327 e. The van der Waals surface area contributed by atoms with E-state index in [-0.39, 0.29) is 24.9 Å². The molecule has 6 nitrogen and oxygen atoms in total. The van der Waals surface area contributed by atoms with E-state index in [1.165, 1.54) is 23.7 Å². The highest BCUT2D eigenvalue weighted by Gasteiger charge is 2.34. The molecule has 2 rings (SSSR count). The summed E-state index contributed by atoms with van der Waals surface area (Å²) in [5, 5.41) is 2.72. The number of amides is 4. The van der Waals surface area contributed by atoms with Gasteiger partial charge in [0.15, 0.2) is 0 Å². The van der Waals surface area contributed by atoms with E-state index in [0.717, 1.165) is 9.80 Å². The first-order valence-corrected chi connectivity index (χ1v) is 7.23. The highest BCUT2D eigenvalue weighted by atomic mass is 32.2. The molecule has 106 valence electrons. The molecule has 1 fully saturated rings. The third-order valence-electron chi connectivity index (χ3n) is 2.91. The minimum Gasteiger partial charge on any atom is -0.324 e. The van der Waals surface area contributed by atoms with E-state index >= 15 is 0 Å². The molecule has 0 atom stereocenters. The number of nitrogens with one attached hydrogen (secondary N) is 1.